The van der Waals surface area contributed by atoms with Gasteiger partial charge in [0, 0.05) is 5.41 Å². The molecule has 0 amide bonds. The number of esters is 1. The van der Waals surface area contributed by atoms with Gasteiger partial charge < -0.3 is 9.16 Å². The molecule has 14 heavy (non-hydrogen) atoms. The van der Waals surface area contributed by atoms with E-state index in [0.717, 1.165) is 0 Å². The van der Waals surface area contributed by atoms with Crippen LogP contribution in [0.5, 0.6) is 0 Å². The summed E-state index contributed by atoms with van der Waals surface area (Å²) in [6.45, 7) is 11.8. The maximum absolute atomic E-state index is 11.7. The zero-order valence-corrected chi connectivity index (χ0v) is 11.2. The third-order valence-corrected chi connectivity index (χ3v) is 3.23. The number of carbonyl (C=O) groups excluding carboxylic acids is 1. The minimum atomic E-state index is -0.929. The minimum absolute atomic E-state index is 0.262. The molecule has 1 radical (unpaired) electrons. The standard InChI is InChI=1S/C10H21O3Si/c1-9(2,3)10(4,8(11)12-5)13-14(6)7/h1-7H3. The lowest BCUT2D eigenvalue weighted by Crippen LogP contribution is -2.52. The molecule has 0 bridgehead atoms. The van der Waals surface area contributed by atoms with Crippen LogP contribution in [0.25, 0.3) is 0 Å². The lowest BCUT2D eigenvalue weighted by atomic mass is 9.78. The first-order valence-corrected chi connectivity index (χ1v) is 7.13. The lowest BCUT2D eigenvalue weighted by Gasteiger charge is -2.40. The second-order valence-corrected chi connectivity index (χ2v) is 6.81. The summed E-state index contributed by atoms with van der Waals surface area (Å²) in [6, 6.07) is 0. The quantitative estimate of drug-likeness (QED) is 0.537. The Balaban J connectivity index is 4.96. The highest BCUT2D eigenvalue weighted by molar-refractivity contribution is 6.48. The Labute approximate surface area is 88.5 Å². The first-order valence-electron chi connectivity index (χ1n) is 4.72. The van der Waals surface area contributed by atoms with Crippen LogP contribution < -0.4 is 0 Å². The molecule has 0 N–H and O–H groups in total. The van der Waals surface area contributed by atoms with E-state index in [2.05, 4.69) is 0 Å². The highest BCUT2D eigenvalue weighted by Gasteiger charge is 2.47. The van der Waals surface area contributed by atoms with Crippen LogP contribution in [0.3, 0.4) is 0 Å². The van der Waals surface area contributed by atoms with Crippen molar-refractivity contribution in [1.29, 1.82) is 0 Å². The van der Waals surface area contributed by atoms with Gasteiger partial charge in [-0.3, -0.25) is 0 Å². The molecule has 83 valence electrons. The summed E-state index contributed by atoms with van der Waals surface area (Å²) in [5.41, 5.74) is -1.11. The summed E-state index contributed by atoms with van der Waals surface area (Å²) in [5.74, 6) is -0.295. The van der Waals surface area contributed by atoms with E-state index in [-0.39, 0.29) is 11.4 Å². The van der Waals surface area contributed by atoms with Crippen LogP contribution >= 0.6 is 0 Å². The number of ether oxygens (including phenoxy) is 1. The molecule has 0 saturated carbocycles. The largest absolute Gasteiger partial charge is 0.467 e. The number of carbonyl (C=O) groups is 1. The van der Waals surface area contributed by atoms with Gasteiger partial charge in [0.25, 0.3) is 0 Å². The Morgan fingerprint density at radius 2 is 1.57 bits per heavy atom. The fourth-order valence-corrected chi connectivity index (χ4v) is 2.31. The van der Waals surface area contributed by atoms with E-state index in [1.807, 2.05) is 33.9 Å². The van der Waals surface area contributed by atoms with Crippen molar-refractivity contribution in [3.63, 3.8) is 0 Å². The topological polar surface area (TPSA) is 35.5 Å². The molecule has 0 aliphatic carbocycles. The van der Waals surface area contributed by atoms with Gasteiger partial charge in [-0.15, -0.1) is 0 Å². The average molecular weight is 217 g/mol. The van der Waals surface area contributed by atoms with Crippen LogP contribution in [0.1, 0.15) is 27.7 Å². The Hall–Kier alpha value is -0.353. The maximum Gasteiger partial charge on any atom is 0.337 e. The SMILES string of the molecule is COC(=O)C(C)(O[Si](C)C)C(C)(C)C. The Morgan fingerprint density at radius 1 is 1.14 bits per heavy atom. The summed E-state index contributed by atoms with van der Waals surface area (Å²) in [7, 11) is 0.467. The zero-order chi connectivity index (χ0) is 11.6. The van der Waals surface area contributed by atoms with Gasteiger partial charge in [0.2, 0.25) is 9.04 Å². The normalized spacial score (nSPS) is 16.6. The monoisotopic (exact) mass is 217 g/mol. The van der Waals surface area contributed by atoms with Gasteiger partial charge in [0.15, 0.2) is 5.60 Å². The summed E-state index contributed by atoms with van der Waals surface area (Å²) in [6.07, 6.45) is 0. The second-order valence-electron chi connectivity index (χ2n) is 4.79. The number of methoxy groups -OCH3 is 1. The van der Waals surface area contributed by atoms with Crippen LogP contribution in [-0.2, 0) is 14.0 Å². The molecular formula is C10H21O3Si. The molecular weight excluding hydrogens is 196 g/mol. The van der Waals surface area contributed by atoms with E-state index in [1.54, 1.807) is 6.92 Å². The van der Waals surface area contributed by atoms with E-state index >= 15 is 0 Å². The highest BCUT2D eigenvalue weighted by atomic mass is 28.3. The molecule has 0 aliphatic heterocycles. The average Bonchev–Trinajstić information content (AvgIpc) is 1.99. The predicted octanol–water partition coefficient (Wildman–Crippen LogP) is 2.23. The van der Waals surface area contributed by atoms with Gasteiger partial charge >= 0.3 is 5.97 Å². The molecule has 4 heteroatoms. The van der Waals surface area contributed by atoms with Gasteiger partial charge in [-0.05, 0) is 20.0 Å². The molecule has 0 aromatic rings. The van der Waals surface area contributed by atoms with Crippen LogP contribution in [-0.4, -0.2) is 27.7 Å². The summed E-state index contributed by atoms with van der Waals surface area (Å²) >= 11 is 0. The van der Waals surface area contributed by atoms with Crippen LogP contribution in [0.2, 0.25) is 13.1 Å². The molecule has 0 aromatic carbocycles. The van der Waals surface area contributed by atoms with Gasteiger partial charge in [-0.2, -0.15) is 0 Å². The molecule has 1 unspecified atom stereocenters. The van der Waals surface area contributed by atoms with Crippen molar-refractivity contribution in [3.8, 4) is 0 Å². The molecule has 0 heterocycles. The van der Waals surface area contributed by atoms with Crippen LogP contribution in [0.4, 0.5) is 0 Å². The number of hydrogen-bond donors (Lipinski definition) is 0. The summed E-state index contributed by atoms with van der Waals surface area (Å²) in [4.78, 5) is 11.7. The van der Waals surface area contributed by atoms with E-state index in [9.17, 15) is 4.79 Å². The van der Waals surface area contributed by atoms with Gasteiger partial charge in [-0.1, -0.05) is 20.8 Å². The molecule has 3 nitrogen and oxygen atoms in total. The molecule has 0 fully saturated rings. The predicted molar refractivity (Wildman–Crippen MR) is 58.4 cm³/mol. The van der Waals surface area contributed by atoms with E-state index in [1.165, 1.54) is 7.11 Å². The first-order chi connectivity index (χ1) is 6.15. The third kappa shape index (κ3) is 2.82. The Kier molecular flexibility index (Phi) is 4.33. The Morgan fingerprint density at radius 3 is 1.79 bits per heavy atom. The van der Waals surface area contributed by atoms with Crippen LogP contribution in [0, 0.1) is 5.41 Å². The lowest BCUT2D eigenvalue weighted by molar-refractivity contribution is -0.168. The summed E-state index contributed by atoms with van der Waals surface area (Å²) < 4.78 is 10.6. The first kappa shape index (κ1) is 13.6. The van der Waals surface area contributed by atoms with Crippen LogP contribution in [0.15, 0.2) is 0 Å². The van der Waals surface area contributed by atoms with Crippen molar-refractivity contribution in [2.24, 2.45) is 5.41 Å². The second kappa shape index (κ2) is 4.44. The smallest absolute Gasteiger partial charge is 0.337 e. The van der Waals surface area contributed by atoms with Gasteiger partial charge in [0.1, 0.15) is 0 Å². The van der Waals surface area contributed by atoms with Crippen molar-refractivity contribution >= 4 is 15.0 Å². The van der Waals surface area contributed by atoms with Crippen molar-refractivity contribution < 1.29 is 14.0 Å². The van der Waals surface area contributed by atoms with E-state index in [0.29, 0.717) is 0 Å². The molecule has 0 saturated heterocycles. The third-order valence-electron chi connectivity index (χ3n) is 2.41. The minimum Gasteiger partial charge on any atom is -0.467 e. The Bertz CT molecular complexity index is 208. The molecule has 0 aliphatic rings. The van der Waals surface area contributed by atoms with Gasteiger partial charge in [-0.25, -0.2) is 4.79 Å². The van der Waals surface area contributed by atoms with Crippen molar-refractivity contribution in [2.45, 2.75) is 46.4 Å². The fraction of sp³-hybridized carbons (Fsp3) is 0.900. The maximum atomic E-state index is 11.7. The molecule has 0 aromatic heterocycles. The van der Waals surface area contributed by atoms with Crippen molar-refractivity contribution in [3.05, 3.63) is 0 Å². The molecule has 0 spiro atoms. The fourth-order valence-electron chi connectivity index (χ4n) is 1.10. The number of hydrogen-bond acceptors (Lipinski definition) is 3. The van der Waals surface area contributed by atoms with E-state index in [4.69, 9.17) is 9.16 Å². The van der Waals surface area contributed by atoms with Crippen molar-refractivity contribution in [2.75, 3.05) is 7.11 Å². The molecule has 0 rings (SSSR count). The molecule has 1 atom stereocenters. The van der Waals surface area contributed by atoms with Gasteiger partial charge in [0.05, 0.1) is 7.11 Å². The van der Waals surface area contributed by atoms with E-state index < -0.39 is 14.6 Å². The summed E-state index contributed by atoms with van der Waals surface area (Å²) in [5, 5.41) is 0. The van der Waals surface area contributed by atoms with Crippen molar-refractivity contribution in [1.82, 2.24) is 0 Å². The highest BCUT2D eigenvalue weighted by Crippen LogP contribution is 2.35. The zero-order valence-electron chi connectivity index (χ0n) is 10.2. The number of rotatable bonds is 3.